The predicted molar refractivity (Wildman–Crippen MR) is 244 cm³/mol. The molecule has 0 saturated heterocycles. The molecule has 0 spiro atoms. The van der Waals surface area contributed by atoms with Crippen molar-refractivity contribution in [1.82, 2.24) is 0 Å². The van der Waals surface area contributed by atoms with Crippen LogP contribution < -0.4 is 21.9 Å². The van der Waals surface area contributed by atoms with Crippen molar-refractivity contribution < 1.29 is 68.4 Å². The Hall–Kier alpha value is -6.39. The second-order valence-electron chi connectivity index (χ2n) is 13.4. The first-order valence-electron chi connectivity index (χ1n) is 18.3. The van der Waals surface area contributed by atoms with Crippen LogP contribution in [0.3, 0.4) is 0 Å². The van der Waals surface area contributed by atoms with Crippen molar-refractivity contribution in [2.24, 2.45) is 30.7 Å². The molecule has 0 atom stereocenters. The Balaban J connectivity index is 1.24. The molecule has 0 radical (unpaired) electrons. The molecule has 352 valence electrons. The maximum absolute atomic E-state index is 13.2. The number of phenolic OH excluding ortho intramolecular Hbond substituents is 1. The lowest BCUT2D eigenvalue weighted by Crippen LogP contribution is -2.12. The summed E-state index contributed by atoms with van der Waals surface area (Å²) in [6.07, 6.45) is 0. The molecule has 0 amide bonds. The quantitative estimate of drug-likeness (QED) is 0.00671. The number of sulfonamides is 1. The van der Waals surface area contributed by atoms with E-state index >= 15 is 0 Å². The second-order valence-corrected chi connectivity index (χ2v) is 19.8. The molecular weight excluding hydrogens is 985 g/mol. The van der Waals surface area contributed by atoms with Gasteiger partial charge in [-0.05, 0) is 110 Å². The first-order valence-corrected chi connectivity index (χ1v) is 24.3. The van der Waals surface area contributed by atoms with Crippen molar-refractivity contribution in [2.75, 3.05) is 34.3 Å². The summed E-state index contributed by atoms with van der Waals surface area (Å²) >= 11 is 0.532. The molecule has 25 nitrogen and oxygen atoms in total. The highest BCUT2D eigenvalue weighted by atomic mass is 32.2. The van der Waals surface area contributed by atoms with Gasteiger partial charge in [0.05, 0.1) is 68.0 Å². The summed E-state index contributed by atoms with van der Waals surface area (Å²) in [6.45, 7) is 1.48. The molecule has 11 N–H and O–H groups in total. The van der Waals surface area contributed by atoms with Gasteiger partial charge in [-0.25, -0.2) is 27.4 Å². The van der Waals surface area contributed by atoms with Gasteiger partial charge in [0.15, 0.2) is 27.9 Å². The van der Waals surface area contributed by atoms with E-state index in [0.717, 1.165) is 11.6 Å². The highest BCUT2D eigenvalue weighted by molar-refractivity contribution is 7.95. The van der Waals surface area contributed by atoms with Gasteiger partial charge in [-0.1, -0.05) is 10.1 Å². The number of nitrogen functional groups attached to an aromatic ring is 3. The highest BCUT2D eigenvalue weighted by Crippen LogP contribution is 2.49. The summed E-state index contributed by atoms with van der Waals surface area (Å²) in [4.78, 5) is -1.33. The predicted octanol–water partition coefficient (Wildman–Crippen LogP) is 9.10. The van der Waals surface area contributed by atoms with Crippen molar-refractivity contribution in [1.29, 1.82) is 0 Å². The normalized spacial score (nSPS) is 12.5. The number of hydrogen-bond donors (Lipinski definition) is 8. The summed E-state index contributed by atoms with van der Waals surface area (Å²) < 4.78 is 103. The second kappa shape index (κ2) is 21.5. The molecule has 6 rings (SSSR count). The summed E-state index contributed by atoms with van der Waals surface area (Å²) in [6, 6.07) is 21.2. The maximum atomic E-state index is 13.2. The van der Waals surface area contributed by atoms with E-state index < -0.39 is 52.1 Å². The van der Waals surface area contributed by atoms with Crippen LogP contribution in [0.25, 0.3) is 10.8 Å². The first-order chi connectivity index (χ1) is 31.8. The zero-order valence-electron chi connectivity index (χ0n) is 33.9. The minimum atomic E-state index is -5.17. The van der Waals surface area contributed by atoms with Crippen molar-refractivity contribution in [2.45, 2.75) is 26.5 Å². The molecule has 6 aromatic rings. The van der Waals surface area contributed by atoms with Crippen LogP contribution in [0, 0.1) is 6.92 Å². The Labute approximate surface area is 388 Å². The van der Waals surface area contributed by atoms with E-state index in [1.54, 1.807) is 19.1 Å². The number of aryl methyl sites for hydroxylation is 1. The van der Waals surface area contributed by atoms with Gasteiger partial charge < -0.3 is 22.3 Å². The molecule has 0 fully saturated rings. The van der Waals surface area contributed by atoms with Gasteiger partial charge in [0.2, 0.25) is 0 Å². The van der Waals surface area contributed by atoms with Gasteiger partial charge in [0.25, 0.3) is 20.1 Å². The summed E-state index contributed by atoms with van der Waals surface area (Å²) in [7, 11) is -13.2. The topological polar surface area (TPSA) is 394 Å². The van der Waals surface area contributed by atoms with E-state index in [1.165, 1.54) is 78.9 Å². The van der Waals surface area contributed by atoms with E-state index in [9.17, 15) is 34.9 Å². The number of phenols is 1. The third-order valence-electron chi connectivity index (χ3n) is 8.98. The average Bonchev–Trinajstić information content (AvgIpc) is 3.29. The van der Waals surface area contributed by atoms with Crippen molar-refractivity contribution >= 4 is 122 Å². The number of sulfone groups is 1. The number of azo groups is 3. The van der Waals surface area contributed by atoms with Gasteiger partial charge in [0.1, 0.15) is 22.0 Å². The maximum Gasteiger partial charge on any atom is 0.296 e. The lowest BCUT2D eigenvalue weighted by Gasteiger charge is -2.14. The number of nitrogens with one attached hydrogen (secondary N) is 1. The number of hydrogen-bond acceptors (Lipinski definition) is 25. The van der Waals surface area contributed by atoms with Crippen LogP contribution in [0.5, 0.6) is 5.75 Å². The Morgan fingerprint density at radius 2 is 1.24 bits per heavy atom. The molecule has 0 aliphatic rings. The molecule has 0 aliphatic heterocycles. The van der Waals surface area contributed by atoms with Crippen molar-refractivity contribution in [3.05, 3.63) is 103 Å². The average molecular weight is 1020 g/mol. The van der Waals surface area contributed by atoms with Crippen molar-refractivity contribution in [3.63, 3.8) is 0 Å². The third kappa shape index (κ3) is 12.5. The van der Waals surface area contributed by atoms with Gasteiger partial charge in [-0.2, -0.15) is 23.8 Å². The van der Waals surface area contributed by atoms with Gasteiger partial charge in [0, 0.05) is 21.7 Å². The molecule has 6 aromatic carbocycles. The lowest BCUT2D eigenvalue weighted by atomic mass is 10.0. The van der Waals surface area contributed by atoms with E-state index in [0.29, 0.717) is 34.8 Å². The molecular formula is C37H34N10O15S5. The van der Waals surface area contributed by atoms with Crippen LogP contribution in [0.1, 0.15) is 5.56 Å². The van der Waals surface area contributed by atoms with E-state index in [2.05, 4.69) is 54.2 Å². The largest absolute Gasteiger partial charge is 0.505 e. The third-order valence-corrected chi connectivity index (χ3v) is 14.0. The molecule has 0 bridgehead atoms. The minimum Gasteiger partial charge on any atom is -0.505 e. The van der Waals surface area contributed by atoms with Gasteiger partial charge in [-0.3, -0.25) is 13.5 Å². The van der Waals surface area contributed by atoms with Crippen LogP contribution in [-0.2, 0) is 52.9 Å². The highest BCUT2D eigenvalue weighted by Gasteiger charge is 2.26. The Bertz CT molecular complexity index is 3220. The van der Waals surface area contributed by atoms with Gasteiger partial charge >= 0.3 is 0 Å². The zero-order chi connectivity index (χ0) is 48.5. The SMILES string of the molecule is Cc1cc(/N=N/c2ccc(NS(=O)(=O)c3ccc(/N=N/c4c(S(=O)(=O)O)cc5c(SOOO)cc(/N=N/c6ccc(S(=O)(=O)CCOSOOO)cc6)c(N)c5c4O)cc3)cc2)c(N)cc1N. The molecule has 0 aliphatic carbocycles. The van der Waals surface area contributed by atoms with E-state index in [1.807, 2.05) is 0 Å². The molecule has 30 heteroatoms. The Morgan fingerprint density at radius 1 is 0.672 bits per heavy atom. The summed E-state index contributed by atoms with van der Waals surface area (Å²) in [5.41, 5.74) is 19.7. The smallest absolute Gasteiger partial charge is 0.296 e. The van der Waals surface area contributed by atoms with Crippen molar-refractivity contribution in [3.8, 4) is 5.75 Å². The van der Waals surface area contributed by atoms with Crippen LogP contribution in [0.4, 0.5) is 56.9 Å². The fraction of sp³-hybridized carbons (Fsp3) is 0.0811. The van der Waals surface area contributed by atoms with Crippen LogP contribution >= 0.6 is 24.4 Å². The van der Waals surface area contributed by atoms with Gasteiger partial charge in [-0.15, -0.1) is 24.0 Å². The molecule has 0 unspecified atom stereocenters. The number of aromatic hydroxyl groups is 1. The Kier molecular flexibility index (Phi) is 16.0. The molecule has 0 saturated carbocycles. The van der Waals surface area contributed by atoms with Crippen LogP contribution in [-0.4, -0.2) is 57.8 Å². The number of nitrogens with two attached hydrogens (primary N) is 3. The monoisotopic (exact) mass is 1020 g/mol. The molecule has 0 heterocycles. The number of anilines is 4. The minimum absolute atomic E-state index is 0.0273. The molecule has 0 aromatic heterocycles. The number of fused-ring (bicyclic) bond motifs is 1. The van der Waals surface area contributed by atoms with Crippen LogP contribution in [0.2, 0.25) is 0 Å². The van der Waals surface area contributed by atoms with E-state index in [4.69, 9.17) is 31.9 Å². The first kappa shape index (κ1) is 50.0. The fourth-order valence-corrected chi connectivity index (χ4v) is 9.33. The van der Waals surface area contributed by atoms with E-state index in [-0.39, 0.29) is 72.8 Å². The molecule has 67 heavy (non-hydrogen) atoms. The van der Waals surface area contributed by atoms with Crippen LogP contribution in [0.15, 0.2) is 147 Å². The summed E-state index contributed by atoms with van der Waals surface area (Å²) in [5.74, 6) is -1.39. The number of rotatable bonds is 20. The fourth-order valence-electron chi connectivity index (χ4n) is 5.70. The number of nitrogens with zero attached hydrogens (tertiary/aromatic N) is 6. The number of benzene rings is 6. The summed E-state index contributed by atoms with van der Waals surface area (Å²) in [5, 5.41) is 59.3. The standard InChI is InChI=1S/C37H34N10O15S5/c1-20-16-30(29(39)18-28(20)38)44-41-21-2-4-24(5-3-21)47-66(53,54)26-12-8-23(9-13-26)43-46-36-33(67(55,56)57)17-27-32(63-61-59-49)19-31(35(40)34(27)37(36)48)45-42-22-6-10-25(11-7-22)65(51,52)15-14-58-64-62-60-50/h2-13,16-19,47-50H,14-15,38-40H2,1H3,(H,55,56,57)/b44-41+,45-42+,46-43+. The zero-order valence-corrected chi connectivity index (χ0v) is 38.0. The lowest BCUT2D eigenvalue weighted by molar-refractivity contribution is -0.434. The Morgan fingerprint density at radius 3 is 1.84 bits per heavy atom.